The Balaban J connectivity index is 0.00000450. The summed E-state index contributed by atoms with van der Waals surface area (Å²) >= 11 is 0. The van der Waals surface area contributed by atoms with Crippen LogP contribution in [0.1, 0.15) is 32.3 Å². The molecule has 7 nitrogen and oxygen atoms in total. The molecule has 1 fully saturated rings. The van der Waals surface area contributed by atoms with Gasteiger partial charge in [0.2, 0.25) is 0 Å². The number of ether oxygens (including phenoxy) is 1. The van der Waals surface area contributed by atoms with Crippen molar-refractivity contribution in [3.05, 3.63) is 29.8 Å². The van der Waals surface area contributed by atoms with E-state index in [1.54, 1.807) is 0 Å². The molecule has 0 radical (unpaired) electrons. The highest BCUT2D eigenvalue weighted by Crippen LogP contribution is 2.17. The maximum Gasteiger partial charge on any atom is 0.191 e. The summed E-state index contributed by atoms with van der Waals surface area (Å²) in [5.74, 6) is 1.94. The van der Waals surface area contributed by atoms with Crippen molar-refractivity contribution in [3.63, 3.8) is 0 Å². The summed E-state index contributed by atoms with van der Waals surface area (Å²) in [7, 11) is -2.90. The molecule has 0 spiro atoms. The Labute approximate surface area is 199 Å². The van der Waals surface area contributed by atoms with Gasteiger partial charge in [0.15, 0.2) is 5.96 Å². The first-order valence-electron chi connectivity index (χ1n) is 10.4. The SMILES string of the molecule is CCNC(=NCC(C)Oc1ccccc1C)NC1CCN(CCS(C)(=O)=O)CC1.I. The molecule has 1 aliphatic rings. The number of nitrogens with zero attached hydrogens (tertiary/aromatic N) is 2. The van der Waals surface area contributed by atoms with Crippen LogP contribution in [0.15, 0.2) is 29.3 Å². The van der Waals surface area contributed by atoms with Crippen molar-refractivity contribution in [2.45, 2.75) is 45.8 Å². The number of piperidine rings is 1. The van der Waals surface area contributed by atoms with E-state index in [0.29, 0.717) is 19.1 Å². The van der Waals surface area contributed by atoms with Crippen LogP contribution in [0.25, 0.3) is 0 Å². The van der Waals surface area contributed by atoms with Gasteiger partial charge >= 0.3 is 0 Å². The molecule has 0 aromatic heterocycles. The van der Waals surface area contributed by atoms with Crippen LogP contribution in [0.3, 0.4) is 0 Å². The van der Waals surface area contributed by atoms with Gasteiger partial charge in [-0.1, -0.05) is 18.2 Å². The fraction of sp³-hybridized carbons (Fsp3) is 0.667. The molecule has 172 valence electrons. The number of hydrogen-bond acceptors (Lipinski definition) is 5. The van der Waals surface area contributed by atoms with Gasteiger partial charge in [-0.2, -0.15) is 0 Å². The van der Waals surface area contributed by atoms with E-state index in [4.69, 9.17) is 9.73 Å². The Hall–Kier alpha value is -1.07. The lowest BCUT2D eigenvalue weighted by atomic mass is 10.1. The molecule has 1 atom stereocenters. The standard InChI is InChI=1S/C21H36N4O3S.HI/c1-5-22-21(23-16-18(3)28-20-9-7-6-8-17(20)2)24-19-10-12-25(13-11-19)14-15-29(4,26)27;/h6-9,18-19H,5,10-16H2,1-4H3,(H2,22,23,24);1H. The number of hydrogen-bond donors (Lipinski definition) is 2. The molecule has 0 aliphatic carbocycles. The smallest absolute Gasteiger partial charge is 0.191 e. The summed E-state index contributed by atoms with van der Waals surface area (Å²) in [6.45, 7) is 9.91. The maximum absolute atomic E-state index is 11.3. The van der Waals surface area contributed by atoms with E-state index in [1.807, 2.05) is 38.1 Å². The van der Waals surface area contributed by atoms with Crippen LogP contribution in [0.2, 0.25) is 0 Å². The molecule has 30 heavy (non-hydrogen) atoms. The van der Waals surface area contributed by atoms with E-state index in [2.05, 4.69) is 22.5 Å². The zero-order valence-corrected chi connectivity index (χ0v) is 21.7. The number of halogens is 1. The topological polar surface area (TPSA) is 83.0 Å². The maximum atomic E-state index is 11.3. The van der Waals surface area contributed by atoms with Crippen LogP contribution in [-0.2, 0) is 9.84 Å². The van der Waals surface area contributed by atoms with Gasteiger partial charge in [-0.25, -0.2) is 13.4 Å². The largest absolute Gasteiger partial charge is 0.489 e. The van der Waals surface area contributed by atoms with Gasteiger partial charge in [0.25, 0.3) is 0 Å². The summed E-state index contributed by atoms with van der Waals surface area (Å²) in [6, 6.07) is 8.35. The van der Waals surface area contributed by atoms with E-state index in [0.717, 1.165) is 49.7 Å². The molecular weight excluding hydrogens is 515 g/mol. The lowest BCUT2D eigenvalue weighted by Crippen LogP contribution is -2.49. The van der Waals surface area contributed by atoms with E-state index >= 15 is 0 Å². The van der Waals surface area contributed by atoms with Gasteiger partial charge in [0, 0.05) is 38.5 Å². The summed E-state index contributed by atoms with van der Waals surface area (Å²) in [6.07, 6.45) is 3.22. The van der Waals surface area contributed by atoms with Gasteiger partial charge in [0.1, 0.15) is 21.7 Å². The summed E-state index contributed by atoms with van der Waals surface area (Å²) < 4.78 is 28.7. The second-order valence-electron chi connectivity index (χ2n) is 7.80. The minimum atomic E-state index is -2.90. The molecule has 1 aliphatic heterocycles. The van der Waals surface area contributed by atoms with Crippen LogP contribution < -0.4 is 15.4 Å². The zero-order valence-electron chi connectivity index (χ0n) is 18.6. The van der Waals surface area contributed by atoms with Gasteiger partial charge in [0.05, 0.1) is 12.3 Å². The summed E-state index contributed by atoms with van der Waals surface area (Å²) in [5.41, 5.74) is 1.12. The molecule has 1 heterocycles. The summed E-state index contributed by atoms with van der Waals surface area (Å²) in [4.78, 5) is 6.92. The number of sulfone groups is 1. The Kier molecular flexibility index (Phi) is 12.0. The Morgan fingerprint density at radius 2 is 1.97 bits per heavy atom. The number of nitrogens with one attached hydrogen (secondary N) is 2. The van der Waals surface area contributed by atoms with Crippen molar-refractivity contribution < 1.29 is 13.2 Å². The monoisotopic (exact) mass is 552 g/mol. The third-order valence-corrected chi connectivity index (χ3v) is 5.90. The average molecular weight is 553 g/mol. The predicted molar refractivity (Wildman–Crippen MR) is 135 cm³/mol. The molecule has 1 unspecified atom stereocenters. The van der Waals surface area contributed by atoms with Crippen LogP contribution >= 0.6 is 24.0 Å². The first-order valence-corrected chi connectivity index (χ1v) is 12.5. The van der Waals surface area contributed by atoms with E-state index in [-0.39, 0.29) is 35.8 Å². The number of likely N-dealkylation sites (tertiary alicyclic amines) is 1. The molecule has 0 amide bonds. The van der Waals surface area contributed by atoms with E-state index in [9.17, 15) is 8.42 Å². The van der Waals surface area contributed by atoms with Gasteiger partial charge < -0.3 is 20.3 Å². The molecule has 0 bridgehead atoms. The van der Waals surface area contributed by atoms with Crippen molar-refractivity contribution in [1.82, 2.24) is 15.5 Å². The van der Waals surface area contributed by atoms with E-state index < -0.39 is 9.84 Å². The van der Waals surface area contributed by atoms with Crippen LogP contribution in [-0.4, -0.2) is 76.2 Å². The average Bonchev–Trinajstić information content (AvgIpc) is 2.67. The lowest BCUT2D eigenvalue weighted by molar-refractivity contribution is 0.215. The highest BCUT2D eigenvalue weighted by molar-refractivity contribution is 14.0. The highest BCUT2D eigenvalue weighted by Gasteiger charge is 2.20. The van der Waals surface area contributed by atoms with Crippen molar-refractivity contribution in [3.8, 4) is 5.75 Å². The lowest BCUT2D eigenvalue weighted by Gasteiger charge is -2.33. The number of aliphatic imine (C=N–C) groups is 1. The van der Waals surface area contributed by atoms with E-state index in [1.165, 1.54) is 6.26 Å². The van der Waals surface area contributed by atoms with Gasteiger partial charge in [-0.05, 0) is 45.2 Å². The molecule has 2 rings (SSSR count). The number of benzene rings is 1. The van der Waals surface area contributed by atoms with Gasteiger partial charge in [-0.15, -0.1) is 24.0 Å². The van der Waals surface area contributed by atoms with Crippen LogP contribution in [0.5, 0.6) is 5.75 Å². The number of guanidine groups is 1. The third-order valence-electron chi connectivity index (χ3n) is 4.98. The van der Waals surface area contributed by atoms with Gasteiger partial charge in [-0.3, -0.25) is 0 Å². The molecular formula is C21H37IN4O3S. The Morgan fingerprint density at radius 3 is 2.57 bits per heavy atom. The predicted octanol–water partition coefficient (Wildman–Crippen LogP) is 2.44. The minimum absolute atomic E-state index is 0. The second kappa shape index (κ2) is 13.4. The number of aryl methyl sites for hydroxylation is 1. The normalized spacial score (nSPS) is 17.1. The fourth-order valence-corrected chi connectivity index (χ4v) is 3.86. The van der Waals surface area contributed by atoms with Crippen molar-refractivity contribution in [1.29, 1.82) is 0 Å². The first kappa shape index (κ1) is 27.0. The van der Waals surface area contributed by atoms with Crippen molar-refractivity contribution in [2.75, 3.05) is 44.7 Å². The molecule has 1 aromatic rings. The fourth-order valence-electron chi connectivity index (χ4n) is 3.27. The minimum Gasteiger partial charge on any atom is -0.489 e. The highest BCUT2D eigenvalue weighted by atomic mass is 127. The van der Waals surface area contributed by atoms with Crippen LogP contribution in [0, 0.1) is 6.92 Å². The molecule has 0 saturated carbocycles. The summed E-state index contributed by atoms with van der Waals surface area (Å²) in [5, 5.41) is 6.83. The Bertz CT molecular complexity index is 765. The zero-order chi connectivity index (χ0) is 21.3. The van der Waals surface area contributed by atoms with Crippen molar-refractivity contribution >= 4 is 39.8 Å². The molecule has 9 heteroatoms. The molecule has 1 saturated heterocycles. The quantitative estimate of drug-likeness (QED) is 0.278. The Morgan fingerprint density at radius 1 is 1.30 bits per heavy atom. The molecule has 2 N–H and O–H groups in total. The van der Waals surface area contributed by atoms with Crippen LogP contribution in [0.4, 0.5) is 0 Å². The molecule has 1 aromatic carbocycles. The third kappa shape index (κ3) is 10.3. The first-order chi connectivity index (χ1) is 13.8. The number of para-hydroxylation sites is 1. The second-order valence-corrected chi connectivity index (χ2v) is 10.1. The van der Waals surface area contributed by atoms with Crippen molar-refractivity contribution in [2.24, 2.45) is 4.99 Å². The number of rotatable bonds is 9.